The number of nitrogens with one attached hydrogen (secondary N) is 1. The van der Waals surface area contributed by atoms with Crippen molar-refractivity contribution in [3.8, 4) is 0 Å². The van der Waals surface area contributed by atoms with Crippen LogP contribution in [0.1, 0.15) is 15.9 Å². The van der Waals surface area contributed by atoms with E-state index in [0.717, 1.165) is 6.07 Å². The number of carboxylic acid groups (broad SMARTS) is 1. The van der Waals surface area contributed by atoms with E-state index in [1.54, 1.807) is 6.92 Å². The molecule has 0 fully saturated rings. The van der Waals surface area contributed by atoms with Gasteiger partial charge in [-0.05, 0) is 24.6 Å². The maximum Gasteiger partial charge on any atom is 0.335 e. The van der Waals surface area contributed by atoms with E-state index < -0.39 is 16.0 Å². The summed E-state index contributed by atoms with van der Waals surface area (Å²) in [5.74, 6) is -1.13. The first kappa shape index (κ1) is 13.9. The highest BCUT2D eigenvalue weighted by Crippen LogP contribution is 2.19. The minimum Gasteiger partial charge on any atom is -0.478 e. The standard InChI is InChI=1S/C12H11N3O4S/c1-8-2-3-9(12(16)17)6-10(8)20(18,19)15-11-7-13-4-5-14-11/h2-7H,1H3,(H,14,15)(H,16,17). The number of rotatable bonds is 4. The van der Waals surface area contributed by atoms with Crippen LogP contribution >= 0.6 is 0 Å². The largest absolute Gasteiger partial charge is 0.478 e. The van der Waals surface area contributed by atoms with Crippen LogP contribution in [0.2, 0.25) is 0 Å². The summed E-state index contributed by atoms with van der Waals surface area (Å²) >= 11 is 0. The van der Waals surface area contributed by atoms with Gasteiger partial charge in [-0.1, -0.05) is 6.07 Å². The van der Waals surface area contributed by atoms with Crippen molar-refractivity contribution in [2.24, 2.45) is 0 Å². The molecular formula is C12H11N3O4S. The van der Waals surface area contributed by atoms with Gasteiger partial charge < -0.3 is 5.11 Å². The lowest BCUT2D eigenvalue weighted by atomic mass is 10.1. The van der Waals surface area contributed by atoms with E-state index in [4.69, 9.17) is 5.11 Å². The molecule has 0 unspecified atom stereocenters. The number of aromatic carboxylic acids is 1. The van der Waals surface area contributed by atoms with Crippen LogP contribution in [-0.4, -0.2) is 29.5 Å². The Kier molecular flexibility index (Phi) is 3.66. The van der Waals surface area contributed by atoms with E-state index in [1.165, 1.54) is 30.7 Å². The molecule has 7 nitrogen and oxygen atoms in total. The molecule has 20 heavy (non-hydrogen) atoms. The number of benzene rings is 1. The monoisotopic (exact) mass is 293 g/mol. The molecular weight excluding hydrogens is 282 g/mol. The number of carbonyl (C=O) groups is 1. The molecule has 0 aliphatic rings. The Morgan fingerprint density at radius 1 is 1.30 bits per heavy atom. The van der Waals surface area contributed by atoms with E-state index >= 15 is 0 Å². The number of hydrogen-bond acceptors (Lipinski definition) is 5. The summed E-state index contributed by atoms with van der Waals surface area (Å²) in [6, 6.07) is 3.89. The second kappa shape index (κ2) is 5.25. The number of carboxylic acids is 1. The highest BCUT2D eigenvalue weighted by atomic mass is 32.2. The number of sulfonamides is 1. The Bertz CT molecular complexity index is 745. The quantitative estimate of drug-likeness (QED) is 0.879. The van der Waals surface area contributed by atoms with E-state index in [1.807, 2.05) is 0 Å². The van der Waals surface area contributed by atoms with Crippen molar-refractivity contribution < 1.29 is 18.3 Å². The van der Waals surface area contributed by atoms with Crippen LogP contribution in [0.4, 0.5) is 5.82 Å². The molecule has 0 aliphatic heterocycles. The number of hydrogen-bond donors (Lipinski definition) is 2. The summed E-state index contributed by atoms with van der Waals surface area (Å²) in [5.41, 5.74) is 0.335. The molecule has 0 atom stereocenters. The first-order valence-electron chi connectivity index (χ1n) is 5.53. The summed E-state index contributed by atoms with van der Waals surface area (Å²) in [6.45, 7) is 1.58. The number of aromatic nitrogens is 2. The fourth-order valence-corrected chi connectivity index (χ4v) is 2.83. The zero-order valence-corrected chi connectivity index (χ0v) is 11.3. The average molecular weight is 293 g/mol. The maximum atomic E-state index is 12.2. The van der Waals surface area contributed by atoms with Gasteiger partial charge in [-0.15, -0.1) is 0 Å². The molecule has 104 valence electrons. The summed E-state index contributed by atoms with van der Waals surface area (Å²) in [4.78, 5) is 18.4. The lowest BCUT2D eigenvalue weighted by Crippen LogP contribution is -2.16. The van der Waals surface area contributed by atoms with Crippen LogP contribution in [0.25, 0.3) is 0 Å². The molecule has 2 aromatic rings. The molecule has 0 spiro atoms. The van der Waals surface area contributed by atoms with E-state index in [-0.39, 0.29) is 16.3 Å². The second-order valence-electron chi connectivity index (χ2n) is 3.98. The summed E-state index contributed by atoms with van der Waals surface area (Å²) in [5, 5.41) is 8.92. The van der Waals surface area contributed by atoms with Crippen LogP contribution < -0.4 is 4.72 Å². The first-order chi connectivity index (χ1) is 9.40. The van der Waals surface area contributed by atoms with Crippen molar-refractivity contribution in [3.63, 3.8) is 0 Å². The smallest absolute Gasteiger partial charge is 0.335 e. The molecule has 2 rings (SSSR count). The fraction of sp³-hybridized carbons (Fsp3) is 0.0833. The zero-order chi connectivity index (χ0) is 14.8. The molecule has 0 amide bonds. The highest BCUT2D eigenvalue weighted by molar-refractivity contribution is 7.92. The Labute approximate surface area is 115 Å². The van der Waals surface area contributed by atoms with Gasteiger partial charge in [0.15, 0.2) is 5.82 Å². The van der Waals surface area contributed by atoms with Gasteiger partial charge in [0.25, 0.3) is 10.0 Å². The Morgan fingerprint density at radius 3 is 2.65 bits per heavy atom. The van der Waals surface area contributed by atoms with Gasteiger partial charge in [0.1, 0.15) is 0 Å². The molecule has 1 aromatic carbocycles. The topological polar surface area (TPSA) is 109 Å². The van der Waals surface area contributed by atoms with Gasteiger partial charge in [0, 0.05) is 12.4 Å². The fourth-order valence-electron chi connectivity index (χ4n) is 1.57. The average Bonchev–Trinajstić information content (AvgIpc) is 2.39. The van der Waals surface area contributed by atoms with Gasteiger partial charge in [-0.3, -0.25) is 9.71 Å². The third-order valence-electron chi connectivity index (χ3n) is 2.53. The Hall–Kier alpha value is -2.48. The number of nitrogens with zero attached hydrogens (tertiary/aromatic N) is 2. The molecule has 1 aromatic heterocycles. The van der Waals surface area contributed by atoms with Crippen molar-refractivity contribution in [3.05, 3.63) is 47.9 Å². The number of anilines is 1. The van der Waals surface area contributed by atoms with E-state index in [0.29, 0.717) is 5.56 Å². The molecule has 0 bridgehead atoms. The van der Waals surface area contributed by atoms with Crippen LogP contribution in [-0.2, 0) is 10.0 Å². The van der Waals surface area contributed by atoms with E-state index in [2.05, 4.69) is 14.7 Å². The van der Waals surface area contributed by atoms with Crippen LogP contribution in [0.3, 0.4) is 0 Å². The van der Waals surface area contributed by atoms with Gasteiger partial charge >= 0.3 is 5.97 Å². The minimum atomic E-state index is -3.92. The highest BCUT2D eigenvalue weighted by Gasteiger charge is 2.19. The predicted molar refractivity (Wildman–Crippen MR) is 71.0 cm³/mol. The first-order valence-corrected chi connectivity index (χ1v) is 7.01. The summed E-state index contributed by atoms with van der Waals surface area (Å²) in [6.07, 6.45) is 4.01. The Morgan fingerprint density at radius 2 is 2.05 bits per heavy atom. The number of aryl methyl sites for hydroxylation is 1. The molecule has 2 N–H and O–H groups in total. The third kappa shape index (κ3) is 2.91. The molecule has 8 heteroatoms. The van der Waals surface area contributed by atoms with E-state index in [9.17, 15) is 13.2 Å². The van der Waals surface area contributed by atoms with Crippen molar-refractivity contribution >= 4 is 21.8 Å². The lowest BCUT2D eigenvalue weighted by Gasteiger charge is -2.10. The van der Waals surface area contributed by atoms with Crippen molar-refractivity contribution in [2.45, 2.75) is 11.8 Å². The van der Waals surface area contributed by atoms with Gasteiger partial charge in [-0.25, -0.2) is 18.2 Å². The lowest BCUT2D eigenvalue weighted by molar-refractivity contribution is 0.0696. The van der Waals surface area contributed by atoms with Crippen LogP contribution in [0.5, 0.6) is 0 Å². The second-order valence-corrected chi connectivity index (χ2v) is 5.63. The molecule has 0 radical (unpaired) electrons. The SMILES string of the molecule is Cc1ccc(C(=O)O)cc1S(=O)(=O)Nc1cnccn1. The Balaban J connectivity index is 2.44. The minimum absolute atomic E-state index is 0.0626. The molecule has 0 aliphatic carbocycles. The zero-order valence-electron chi connectivity index (χ0n) is 10.4. The van der Waals surface area contributed by atoms with Crippen molar-refractivity contribution in [1.29, 1.82) is 0 Å². The summed E-state index contributed by atoms with van der Waals surface area (Å²) < 4.78 is 26.7. The molecule has 0 saturated carbocycles. The molecule has 1 heterocycles. The van der Waals surface area contributed by atoms with Crippen LogP contribution in [0, 0.1) is 6.92 Å². The van der Waals surface area contributed by atoms with Gasteiger partial charge in [-0.2, -0.15) is 0 Å². The predicted octanol–water partition coefficient (Wildman–Crippen LogP) is 1.28. The van der Waals surface area contributed by atoms with Crippen LogP contribution in [0.15, 0.2) is 41.7 Å². The van der Waals surface area contributed by atoms with Gasteiger partial charge in [0.05, 0.1) is 16.7 Å². The third-order valence-corrected chi connectivity index (χ3v) is 4.02. The van der Waals surface area contributed by atoms with Gasteiger partial charge in [0.2, 0.25) is 0 Å². The molecule has 0 saturated heterocycles. The van der Waals surface area contributed by atoms with Crippen molar-refractivity contribution in [2.75, 3.05) is 4.72 Å². The maximum absolute atomic E-state index is 12.2. The van der Waals surface area contributed by atoms with Crippen molar-refractivity contribution in [1.82, 2.24) is 9.97 Å². The normalized spacial score (nSPS) is 11.1. The summed E-state index contributed by atoms with van der Waals surface area (Å²) in [7, 11) is -3.92.